The van der Waals surface area contributed by atoms with Gasteiger partial charge in [0, 0.05) is 13.0 Å². The maximum Gasteiger partial charge on any atom is 0.0969 e. The number of likely N-dealkylation sites (N-methyl/N-ethyl adjacent to an activating group) is 1. The van der Waals surface area contributed by atoms with E-state index in [1.54, 1.807) is 0 Å². The van der Waals surface area contributed by atoms with Crippen LogP contribution in [0.4, 0.5) is 0 Å². The molecule has 0 spiro atoms. The summed E-state index contributed by atoms with van der Waals surface area (Å²) in [6, 6.07) is 0. The molecule has 0 aliphatic heterocycles. The Morgan fingerprint density at radius 3 is 1.76 bits per heavy atom. The highest BCUT2D eigenvalue weighted by molar-refractivity contribution is 4.65. The van der Waals surface area contributed by atoms with Gasteiger partial charge >= 0.3 is 0 Å². The van der Waals surface area contributed by atoms with E-state index < -0.39 is 0 Å². The van der Waals surface area contributed by atoms with Gasteiger partial charge in [-0.3, -0.25) is 0 Å². The van der Waals surface area contributed by atoms with Gasteiger partial charge in [-0.1, -0.05) is 64.9 Å². The number of rotatable bonds is 16. The molecule has 0 aliphatic carbocycles. The average molecular weight is 299 g/mol. The minimum Gasteiger partial charge on any atom is -0.396 e. The maximum atomic E-state index is 9.01. The molecule has 0 aliphatic rings. The molecule has 126 valence electrons. The van der Waals surface area contributed by atoms with Crippen LogP contribution in [0.2, 0.25) is 0 Å². The second kappa shape index (κ2) is 14.6. The first-order valence-electron chi connectivity index (χ1n) is 9.24. The predicted octanol–water partition coefficient (Wildman–Crippen LogP) is 4.92. The average Bonchev–Trinajstić information content (AvgIpc) is 2.47. The van der Waals surface area contributed by atoms with Crippen molar-refractivity contribution in [1.29, 1.82) is 0 Å². The maximum absolute atomic E-state index is 9.01. The summed E-state index contributed by atoms with van der Waals surface area (Å²) in [5, 5.41) is 9.01. The van der Waals surface area contributed by atoms with Gasteiger partial charge in [0.15, 0.2) is 0 Å². The lowest BCUT2D eigenvalue weighted by atomic mass is 10.1. The molecule has 0 aromatic rings. The molecule has 2 heteroatoms. The first-order valence-corrected chi connectivity index (χ1v) is 9.24. The fourth-order valence-electron chi connectivity index (χ4n) is 3.04. The van der Waals surface area contributed by atoms with E-state index in [9.17, 15) is 0 Å². The largest absolute Gasteiger partial charge is 0.396 e. The van der Waals surface area contributed by atoms with Crippen LogP contribution in [0.3, 0.4) is 0 Å². The zero-order chi connectivity index (χ0) is 15.8. The lowest BCUT2D eigenvalue weighted by Crippen LogP contribution is -2.45. The van der Waals surface area contributed by atoms with Gasteiger partial charge < -0.3 is 9.59 Å². The fraction of sp³-hybridized carbons (Fsp3) is 0.895. The highest BCUT2D eigenvalue weighted by Crippen LogP contribution is 2.13. The fourth-order valence-corrected chi connectivity index (χ4v) is 3.04. The van der Waals surface area contributed by atoms with Crippen LogP contribution in [0.25, 0.3) is 0 Å². The Bertz CT molecular complexity index is 230. The molecule has 1 N–H and O–H groups in total. The number of unbranched alkanes of at least 4 members (excludes halogenated alkanes) is 9. The van der Waals surface area contributed by atoms with Crippen molar-refractivity contribution in [2.24, 2.45) is 0 Å². The Hall–Kier alpha value is -0.340. The van der Waals surface area contributed by atoms with Crippen LogP contribution in [0.5, 0.6) is 0 Å². The van der Waals surface area contributed by atoms with Crippen molar-refractivity contribution >= 4 is 0 Å². The van der Waals surface area contributed by atoms with Crippen molar-refractivity contribution in [2.75, 3.05) is 33.3 Å². The van der Waals surface area contributed by atoms with Gasteiger partial charge in [0.2, 0.25) is 0 Å². The Balaban J connectivity index is 3.51. The first kappa shape index (κ1) is 20.7. The van der Waals surface area contributed by atoms with Crippen molar-refractivity contribution in [1.82, 2.24) is 0 Å². The number of aliphatic hydroxyl groups is 1. The second-order valence-corrected chi connectivity index (χ2v) is 6.80. The molecule has 2 nitrogen and oxygen atoms in total. The standard InChI is InChI=1S/C19H40NO/c1-4-6-7-8-9-10-11-12-13-14-17-20(3,16-5-2)18-15-19-21/h5,21H,2,4,6-19H2,1,3H3/q+1. The van der Waals surface area contributed by atoms with Crippen molar-refractivity contribution in [3.8, 4) is 0 Å². The molecule has 0 amide bonds. The van der Waals surface area contributed by atoms with Gasteiger partial charge in [-0.15, -0.1) is 0 Å². The number of nitrogens with zero attached hydrogens (tertiary/aromatic N) is 1. The van der Waals surface area contributed by atoms with E-state index in [2.05, 4.69) is 20.6 Å². The van der Waals surface area contributed by atoms with E-state index in [-0.39, 0.29) is 0 Å². The zero-order valence-corrected chi connectivity index (χ0v) is 14.8. The van der Waals surface area contributed by atoms with E-state index in [1.807, 2.05) is 6.08 Å². The molecule has 21 heavy (non-hydrogen) atoms. The van der Waals surface area contributed by atoms with Gasteiger partial charge in [-0.25, -0.2) is 0 Å². The van der Waals surface area contributed by atoms with E-state index in [4.69, 9.17) is 5.11 Å². The van der Waals surface area contributed by atoms with E-state index in [0.717, 1.165) is 24.0 Å². The molecule has 1 unspecified atom stereocenters. The predicted molar refractivity (Wildman–Crippen MR) is 94.5 cm³/mol. The number of aliphatic hydroxyl groups excluding tert-OH is 1. The second-order valence-electron chi connectivity index (χ2n) is 6.80. The van der Waals surface area contributed by atoms with Crippen molar-refractivity contribution in [3.63, 3.8) is 0 Å². The highest BCUT2D eigenvalue weighted by Gasteiger charge is 2.18. The van der Waals surface area contributed by atoms with Crippen LogP contribution in [-0.4, -0.2) is 42.9 Å². The Morgan fingerprint density at radius 2 is 1.29 bits per heavy atom. The van der Waals surface area contributed by atoms with Crippen molar-refractivity contribution in [3.05, 3.63) is 12.7 Å². The first-order chi connectivity index (χ1) is 10.2. The number of hydrogen-bond donors (Lipinski definition) is 1. The van der Waals surface area contributed by atoms with Crippen LogP contribution in [0.1, 0.15) is 77.6 Å². The molecule has 0 bridgehead atoms. The molecular formula is C19H40NO+. The molecule has 0 saturated heterocycles. The third kappa shape index (κ3) is 13.1. The van der Waals surface area contributed by atoms with Crippen LogP contribution in [0, 0.1) is 0 Å². The summed E-state index contributed by atoms with van der Waals surface area (Å²) < 4.78 is 1.04. The molecule has 0 aromatic heterocycles. The molecule has 0 aromatic carbocycles. The number of quaternary nitrogens is 1. The van der Waals surface area contributed by atoms with Gasteiger partial charge in [0.25, 0.3) is 0 Å². The van der Waals surface area contributed by atoms with Crippen LogP contribution in [0.15, 0.2) is 12.7 Å². The van der Waals surface area contributed by atoms with E-state index in [1.165, 1.54) is 70.8 Å². The lowest BCUT2D eigenvalue weighted by Gasteiger charge is -2.33. The summed E-state index contributed by atoms with van der Waals surface area (Å²) in [6.07, 6.45) is 16.9. The van der Waals surface area contributed by atoms with Gasteiger partial charge in [0.1, 0.15) is 0 Å². The summed E-state index contributed by atoms with van der Waals surface area (Å²) in [5.74, 6) is 0. The van der Waals surface area contributed by atoms with E-state index in [0.29, 0.717) is 6.61 Å². The SMILES string of the molecule is C=CC[N+](C)(CCCO)CCCCCCCCCCCC. The van der Waals surface area contributed by atoms with Crippen LogP contribution in [-0.2, 0) is 0 Å². The third-order valence-electron chi connectivity index (χ3n) is 4.48. The Morgan fingerprint density at radius 1 is 0.810 bits per heavy atom. The smallest absolute Gasteiger partial charge is 0.0969 e. The Labute approximate surface area is 133 Å². The molecule has 1 atom stereocenters. The molecule has 0 fully saturated rings. The van der Waals surface area contributed by atoms with Crippen molar-refractivity contribution < 1.29 is 9.59 Å². The summed E-state index contributed by atoms with van der Waals surface area (Å²) in [6.45, 7) is 9.78. The Kier molecular flexibility index (Phi) is 14.4. The topological polar surface area (TPSA) is 20.2 Å². The molecular weight excluding hydrogens is 258 g/mol. The minimum atomic E-state index is 0.309. The zero-order valence-electron chi connectivity index (χ0n) is 14.8. The van der Waals surface area contributed by atoms with Crippen LogP contribution < -0.4 is 0 Å². The van der Waals surface area contributed by atoms with E-state index >= 15 is 0 Å². The summed E-state index contributed by atoms with van der Waals surface area (Å²) in [5.41, 5.74) is 0. The van der Waals surface area contributed by atoms with Gasteiger partial charge in [-0.05, 0) is 18.9 Å². The van der Waals surface area contributed by atoms with Gasteiger partial charge in [0.05, 0.1) is 26.7 Å². The highest BCUT2D eigenvalue weighted by atomic mass is 16.3. The summed E-state index contributed by atoms with van der Waals surface area (Å²) >= 11 is 0. The minimum absolute atomic E-state index is 0.309. The molecule has 0 radical (unpaired) electrons. The lowest BCUT2D eigenvalue weighted by molar-refractivity contribution is -0.904. The van der Waals surface area contributed by atoms with Crippen LogP contribution >= 0.6 is 0 Å². The summed E-state index contributed by atoms with van der Waals surface area (Å²) in [4.78, 5) is 0. The molecule has 0 rings (SSSR count). The summed E-state index contributed by atoms with van der Waals surface area (Å²) in [7, 11) is 2.30. The monoisotopic (exact) mass is 298 g/mol. The molecule has 0 heterocycles. The normalized spacial score (nSPS) is 14.0. The third-order valence-corrected chi connectivity index (χ3v) is 4.48. The van der Waals surface area contributed by atoms with Gasteiger partial charge in [-0.2, -0.15) is 0 Å². The number of hydrogen-bond acceptors (Lipinski definition) is 1. The molecule has 0 saturated carbocycles. The quantitative estimate of drug-likeness (QED) is 0.243. The van der Waals surface area contributed by atoms with Crippen molar-refractivity contribution in [2.45, 2.75) is 77.6 Å².